The van der Waals surface area contributed by atoms with Crippen molar-refractivity contribution in [3.05, 3.63) is 58.5 Å². The Labute approximate surface area is 136 Å². The summed E-state index contributed by atoms with van der Waals surface area (Å²) >= 11 is 5.87. The van der Waals surface area contributed by atoms with Crippen LogP contribution in [0.3, 0.4) is 0 Å². The fraction of sp³-hybridized carbons (Fsp3) is 0.353. The number of aryl methyl sites for hydroxylation is 1. The van der Waals surface area contributed by atoms with E-state index in [0.717, 1.165) is 22.0 Å². The lowest BCUT2D eigenvalue weighted by molar-refractivity contribution is -0.886. The quantitative estimate of drug-likeness (QED) is 0.856. The van der Waals surface area contributed by atoms with Gasteiger partial charge in [-0.25, -0.2) is 0 Å². The highest BCUT2D eigenvalue weighted by molar-refractivity contribution is 6.30. The number of carbonyl (C=O) groups excluding carboxylic acids is 1. The van der Waals surface area contributed by atoms with Crippen molar-refractivity contribution in [2.24, 2.45) is 0 Å². The third-order valence-electron chi connectivity index (χ3n) is 3.48. The van der Waals surface area contributed by atoms with Crippen LogP contribution in [0.4, 0.5) is 0 Å². The Hall–Kier alpha value is -1.78. The number of hydrogen-bond acceptors (Lipinski definition) is 2. The van der Waals surface area contributed by atoms with Crippen molar-refractivity contribution >= 4 is 17.5 Å². The van der Waals surface area contributed by atoms with Crippen molar-refractivity contribution in [3.8, 4) is 0 Å². The van der Waals surface area contributed by atoms with Crippen LogP contribution in [0.15, 0.2) is 40.8 Å². The Morgan fingerprint density at radius 3 is 2.55 bits per heavy atom. The highest BCUT2D eigenvalue weighted by Gasteiger charge is 2.15. The number of nitrogens with one attached hydrogen (secondary N) is 2. The molecule has 2 aromatic rings. The summed E-state index contributed by atoms with van der Waals surface area (Å²) in [6.45, 7) is 4.97. The Balaban J connectivity index is 1.82. The van der Waals surface area contributed by atoms with Crippen LogP contribution in [-0.4, -0.2) is 19.5 Å². The number of amides is 1. The number of benzene rings is 1. The van der Waals surface area contributed by atoms with Crippen molar-refractivity contribution < 1.29 is 14.1 Å². The number of hydrogen-bond donors (Lipinski definition) is 2. The molecule has 0 spiro atoms. The molecule has 22 heavy (non-hydrogen) atoms. The van der Waals surface area contributed by atoms with Gasteiger partial charge in [0, 0.05) is 5.02 Å². The smallest absolute Gasteiger partial charge is 0.275 e. The summed E-state index contributed by atoms with van der Waals surface area (Å²) in [5.41, 5.74) is 1.04. The molecule has 0 saturated carbocycles. The summed E-state index contributed by atoms with van der Waals surface area (Å²) in [7, 11) is 1.98. The average Bonchev–Trinajstić information content (AvgIpc) is 2.84. The third-order valence-corrected chi connectivity index (χ3v) is 3.73. The molecule has 0 radical (unpaired) electrons. The minimum Gasteiger partial charge on any atom is -0.460 e. The second-order valence-corrected chi connectivity index (χ2v) is 6.10. The van der Waals surface area contributed by atoms with Crippen LogP contribution in [0.25, 0.3) is 0 Å². The lowest BCUT2D eigenvalue weighted by Crippen LogP contribution is -3.08. The fourth-order valence-corrected chi connectivity index (χ4v) is 2.47. The SMILES string of the molecule is Cc1ccc(C[NH+](C)CC(=O)N[C@@H](C)c2ccc(Cl)cc2)o1. The number of carbonyl (C=O) groups is 1. The molecule has 118 valence electrons. The lowest BCUT2D eigenvalue weighted by atomic mass is 10.1. The van der Waals surface area contributed by atoms with Gasteiger partial charge in [-0.1, -0.05) is 23.7 Å². The predicted octanol–water partition coefficient (Wildman–Crippen LogP) is 2.13. The van der Waals surface area contributed by atoms with E-state index in [-0.39, 0.29) is 11.9 Å². The monoisotopic (exact) mass is 321 g/mol. The first-order valence-corrected chi connectivity index (χ1v) is 7.73. The van der Waals surface area contributed by atoms with Gasteiger partial charge >= 0.3 is 0 Å². The molecule has 0 aliphatic heterocycles. The fourth-order valence-electron chi connectivity index (χ4n) is 2.34. The Morgan fingerprint density at radius 1 is 1.27 bits per heavy atom. The highest BCUT2D eigenvalue weighted by atomic mass is 35.5. The van der Waals surface area contributed by atoms with Gasteiger partial charge in [-0.15, -0.1) is 0 Å². The van der Waals surface area contributed by atoms with Gasteiger partial charge in [-0.2, -0.15) is 0 Å². The van der Waals surface area contributed by atoms with E-state index in [4.69, 9.17) is 16.0 Å². The summed E-state index contributed by atoms with van der Waals surface area (Å²) in [4.78, 5) is 13.2. The van der Waals surface area contributed by atoms with Gasteiger partial charge in [-0.3, -0.25) is 4.79 Å². The minimum atomic E-state index is -0.0385. The van der Waals surface area contributed by atoms with Crippen molar-refractivity contribution in [1.82, 2.24) is 5.32 Å². The molecule has 5 heteroatoms. The van der Waals surface area contributed by atoms with Crippen LogP contribution in [0.1, 0.15) is 30.0 Å². The third kappa shape index (κ3) is 4.90. The molecule has 0 saturated heterocycles. The van der Waals surface area contributed by atoms with Gasteiger partial charge in [0.05, 0.1) is 13.1 Å². The molecular weight excluding hydrogens is 300 g/mol. The lowest BCUT2D eigenvalue weighted by Gasteiger charge is -2.17. The molecule has 0 fully saturated rings. The van der Waals surface area contributed by atoms with Crippen LogP contribution in [0.5, 0.6) is 0 Å². The van der Waals surface area contributed by atoms with E-state index < -0.39 is 0 Å². The summed E-state index contributed by atoms with van der Waals surface area (Å²) in [6.07, 6.45) is 0. The largest absolute Gasteiger partial charge is 0.460 e. The van der Waals surface area contributed by atoms with E-state index >= 15 is 0 Å². The molecule has 0 aliphatic carbocycles. The van der Waals surface area contributed by atoms with Crippen LogP contribution >= 0.6 is 11.6 Å². The van der Waals surface area contributed by atoms with Gasteiger partial charge in [0.25, 0.3) is 5.91 Å². The Kier molecular flexibility index (Phi) is 5.63. The van der Waals surface area contributed by atoms with Crippen molar-refractivity contribution in [2.45, 2.75) is 26.4 Å². The first-order chi connectivity index (χ1) is 10.4. The first kappa shape index (κ1) is 16.6. The summed E-state index contributed by atoms with van der Waals surface area (Å²) in [5, 5.41) is 3.70. The van der Waals surface area contributed by atoms with Gasteiger partial charge in [0.2, 0.25) is 0 Å². The Morgan fingerprint density at radius 2 is 1.95 bits per heavy atom. The van der Waals surface area contributed by atoms with Gasteiger partial charge in [-0.05, 0) is 43.7 Å². The zero-order valence-electron chi connectivity index (χ0n) is 13.2. The summed E-state index contributed by atoms with van der Waals surface area (Å²) in [5.74, 6) is 1.81. The normalized spacial score (nSPS) is 13.6. The highest BCUT2D eigenvalue weighted by Crippen LogP contribution is 2.15. The molecule has 2 rings (SSSR count). The molecule has 1 amide bonds. The molecule has 1 aromatic heterocycles. The predicted molar refractivity (Wildman–Crippen MR) is 86.9 cm³/mol. The number of rotatable bonds is 6. The number of likely N-dealkylation sites (N-methyl/N-ethyl adjacent to an activating group) is 1. The molecule has 2 N–H and O–H groups in total. The van der Waals surface area contributed by atoms with Crippen LogP contribution < -0.4 is 10.2 Å². The van der Waals surface area contributed by atoms with Gasteiger partial charge in [0.1, 0.15) is 12.3 Å². The van der Waals surface area contributed by atoms with Crippen LogP contribution in [-0.2, 0) is 11.3 Å². The molecule has 0 bridgehead atoms. The zero-order chi connectivity index (χ0) is 16.1. The maximum atomic E-state index is 12.1. The van der Waals surface area contributed by atoms with Gasteiger partial charge in [0.15, 0.2) is 12.3 Å². The molecule has 1 unspecified atom stereocenters. The molecule has 0 aliphatic rings. The van der Waals surface area contributed by atoms with E-state index in [1.165, 1.54) is 0 Å². The maximum absolute atomic E-state index is 12.1. The number of quaternary nitrogens is 1. The van der Waals surface area contributed by atoms with Crippen LogP contribution in [0, 0.1) is 6.92 Å². The van der Waals surface area contributed by atoms with E-state index in [1.807, 2.05) is 57.3 Å². The topological polar surface area (TPSA) is 46.7 Å². The van der Waals surface area contributed by atoms with Crippen molar-refractivity contribution in [3.63, 3.8) is 0 Å². The number of halogens is 1. The second kappa shape index (κ2) is 7.47. The summed E-state index contributed by atoms with van der Waals surface area (Å²) < 4.78 is 5.53. The van der Waals surface area contributed by atoms with Crippen molar-refractivity contribution in [2.75, 3.05) is 13.6 Å². The van der Waals surface area contributed by atoms with E-state index in [0.29, 0.717) is 18.1 Å². The first-order valence-electron chi connectivity index (χ1n) is 7.35. The van der Waals surface area contributed by atoms with E-state index in [9.17, 15) is 4.79 Å². The molecule has 1 heterocycles. The van der Waals surface area contributed by atoms with E-state index in [1.54, 1.807) is 0 Å². The van der Waals surface area contributed by atoms with Crippen molar-refractivity contribution in [1.29, 1.82) is 0 Å². The standard InChI is InChI=1S/C17H21ClN2O2/c1-12-4-9-16(22-12)10-20(3)11-17(21)19-13(2)14-5-7-15(18)8-6-14/h4-9,13H,10-11H2,1-3H3,(H,19,21)/p+1/t13-/m0/s1. The van der Waals surface area contributed by atoms with Gasteiger partial charge < -0.3 is 14.6 Å². The minimum absolute atomic E-state index is 0.0169. The van der Waals surface area contributed by atoms with E-state index in [2.05, 4.69) is 5.32 Å². The zero-order valence-corrected chi connectivity index (χ0v) is 13.9. The molecule has 1 aromatic carbocycles. The van der Waals surface area contributed by atoms with Crippen LogP contribution in [0.2, 0.25) is 5.02 Å². The molecule has 2 atom stereocenters. The number of furan rings is 1. The Bertz CT molecular complexity index is 622. The summed E-state index contributed by atoms with van der Waals surface area (Å²) in [6, 6.07) is 11.4. The average molecular weight is 322 g/mol. The maximum Gasteiger partial charge on any atom is 0.275 e. The molecular formula is C17H22ClN2O2+. The molecule has 4 nitrogen and oxygen atoms in total. The second-order valence-electron chi connectivity index (χ2n) is 5.66.